The largest absolute Gasteiger partial charge is 0.493 e. The number of halogens is 1. The number of methoxy groups -OCH3 is 1. The van der Waals surface area contributed by atoms with Crippen molar-refractivity contribution in [2.75, 3.05) is 20.8 Å². The van der Waals surface area contributed by atoms with Crippen LogP contribution in [0.5, 0.6) is 5.75 Å². The van der Waals surface area contributed by atoms with E-state index in [0.717, 1.165) is 0 Å². The van der Waals surface area contributed by atoms with Crippen LogP contribution in [0.2, 0.25) is 0 Å². The van der Waals surface area contributed by atoms with Crippen molar-refractivity contribution >= 4 is 5.97 Å². The number of hydrogen-bond acceptors (Lipinski definition) is 4. The molecule has 0 amide bonds. The molecule has 1 aromatic carbocycles. The van der Waals surface area contributed by atoms with Crippen LogP contribution in [0.3, 0.4) is 0 Å². The van der Waals surface area contributed by atoms with Crippen molar-refractivity contribution in [2.45, 2.75) is 25.8 Å². The summed E-state index contributed by atoms with van der Waals surface area (Å²) in [5.74, 6) is -0.0157. The van der Waals surface area contributed by atoms with Crippen LogP contribution in [0.25, 0.3) is 0 Å². The summed E-state index contributed by atoms with van der Waals surface area (Å²) >= 11 is 0. The fraction of sp³-hybridized carbons (Fsp3) is 0.500. The molecule has 5 heteroatoms. The first kappa shape index (κ1) is 15.4. The van der Waals surface area contributed by atoms with Gasteiger partial charge in [0.25, 0.3) is 0 Å². The summed E-state index contributed by atoms with van der Waals surface area (Å²) < 4.78 is 23.3. The predicted octanol–water partition coefficient (Wildman–Crippen LogP) is 2.05. The van der Waals surface area contributed by atoms with Crippen LogP contribution in [0.15, 0.2) is 18.2 Å². The number of ether oxygens (including phenoxy) is 2. The van der Waals surface area contributed by atoms with Crippen LogP contribution in [-0.4, -0.2) is 32.3 Å². The lowest BCUT2D eigenvalue weighted by Crippen LogP contribution is -2.49. The molecule has 1 rings (SSSR count). The third-order valence-electron chi connectivity index (χ3n) is 3.19. The molecule has 106 valence electrons. The van der Waals surface area contributed by atoms with Crippen LogP contribution in [0.4, 0.5) is 4.39 Å². The van der Waals surface area contributed by atoms with Crippen LogP contribution < -0.4 is 10.1 Å². The van der Waals surface area contributed by atoms with E-state index in [0.29, 0.717) is 24.3 Å². The third kappa shape index (κ3) is 3.92. The minimum absolute atomic E-state index is 0.262. The highest BCUT2D eigenvalue weighted by molar-refractivity contribution is 5.80. The standard InChI is InChI=1S/C14H20FNO3/c1-10-9-11(5-6-12(10)15)19-8-7-14(2,16-3)13(17)18-4/h5-6,9,16H,7-8H2,1-4H3. The Balaban J connectivity index is 2.57. The molecule has 0 aliphatic heterocycles. The molecule has 1 atom stereocenters. The van der Waals surface area contributed by atoms with Crippen molar-refractivity contribution < 1.29 is 18.7 Å². The van der Waals surface area contributed by atoms with Gasteiger partial charge < -0.3 is 14.8 Å². The number of aryl methyl sites for hydroxylation is 1. The number of rotatable bonds is 6. The Morgan fingerprint density at radius 1 is 1.47 bits per heavy atom. The Hall–Kier alpha value is -1.62. The van der Waals surface area contributed by atoms with Gasteiger partial charge in [0.05, 0.1) is 13.7 Å². The van der Waals surface area contributed by atoms with Gasteiger partial charge in [-0.05, 0) is 44.7 Å². The number of likely N-dealkylation sites (N-methyl/N-ethyl adjacent to an activating group) is 1. The predicted molar refractivity (Wildman–Crippen MR) is 70.7 cm³/mol. The molecule has 0 aliphatic rings. The smallest absolute Gasteiger partial charge is 0.325 e. The Labute approximate surface area is 112 Å². The summed E-state index contributed by atoms with van der Waals surface area (Å²) in [4.78, 5) is 11.6. The fourth-order valence-electron chi connectivity index (χ4n) is 1.63. The van der Waals surface area contributed by atoms with E-state index in [1.165, 1.54) is 13.2 Å². The second-order valence-corrected chi connectivity index (χ2v) is 4.58. The van der Waals surface area contributed by atoms with Crippen molar-refractivity contribution in [1.82, 2.24) is 5.32 Å². The molecule has 0 fully saturated rings. The normalized spacial score (nSPS) is 13.7. The van der Waals surface area contributed by atoms with Gasteiger partial charge in [-0.25, -0.2) is 4.39 Å². The molecule has 0 saturated heterocycles. The number of hydrogen-bond donors (Lipinski definition) is 1. The molecule has 0 aromatic heterocycles. The second-order valence-electron chi connectivity index (χ2n) is 4.58. The van der Waals surface area contributed by atoms with Crippen molar-refractivity contribution in [2.24, 2.45) is 0 Å². The van der Waals surface area contributed by atoms with Gasteiger partial charge in [-0.2, -0.15) is 0 Å². The lowest BCUT2D eigenvalue weighted by atomic mass is 9.99. The second kappa shape index (κ2) is 6.52. The lowest BCUT2D eigenvalue weighted by Gasteiger charge is -2.25. The summed E-state index contributed by atoms with van der Waals surface area (Å²) in [6.45, 7) is 3.75. The summed E-state index contributed by atoms with van der Waals surface area (Å²) in [5, 5.41) is 2.92. The van der Waals surface area contributed by atoms with Gasteiger partial charge in [-0.3, -0.25) is 4.79 Å². The molecular weight excluding hydrogens is 249 g/mol. The van der Waals surface area contributed by atoms with Crippen molar-refractivity contribution in [1.29, 1.82) is 0 Å². The molecule has 1 aromatic rings. The molecule has 0 saturated carbocycles. The Morgan fingerprint density at radius 2 is 2.16 bits per heavy atom. The molecule has 1 unspecified atom stereocenters. The molecule has 19 heavy (non-hydrogen) atoms. The Morgan fingerprint density at radius 3 is 2.68 bits per heavy atom. The fourth-order valence-corrected chi connectivity index (χ4v) is 1.63. The summed E-state index contributed by atoms with van der Waals surface area (Å²) in [7, 11) is 3.04. The van der Waals surface area contributed by atoms with E-state index in [1.807, 2.05) is 0 Å². The highest BCUT2D eigenvalue weighted by atomic mass is 19.1. The molecule has 0 bridgehead atoms. The van der Waals surface area contributed by atoms with Crippen LogP contribution in [-0.2, 0) is 9.53 Å². The first-order chi connectivity index (χ1) is 8.92. The maximum atomic E-state index is 13.1. The SMILES string of the molecule is CNC(C)(CCOc1ccc(F)c(C)c1)C(=O)OC. The van der Waals surface area contributed by atoms with E-state index in [4.69, 9.17) is 9.47 Å². The minimum Gasteiger partial charge on any atom is -0.493 e. The first-order valence-electron chi connectivity index (χ1n) is 6.09. The van der Waals surface area contributed by atoms with Gasteiger partial charge in [-0.1, -0.05) is 0 Å². The zero-order chi connectivity index (χ0) is 14.5. The molecular formula is C14H20FNO3. The van der Waals surface area contributed by atoms with Gasteiger partial charge in [-0.15, -0.1) is 0 Å². The highest BCUT2D eigenvalue weighted by Gasteiger charge is 2.32. The zero-order valence-electron chi connectivity index (χ0n) is 11.7. The third-order valence-corrected chi connectivity index (χ3v) is 3.19. The van der Waals surface area contributed by atoms with Gasteiger partial charge in [0.2, 0.25) is 0 Å². The van der Waals surface area contributed by atoms with E-state index >= 15 is 0 Å². The average molecular weight is 269 g/mol. The minimum atomic E-state index is -0.788. The van der Waals surface area contributed by atoms with E-state index in [9.17, 15) is 9.18 Å². The van der Waals surface area contributed by atoms with E-state index in [-0.39, 0.29) is 11.8 Å². The van der Waals surface area contributed by atoms with Crippen molar-refractivity contribution in [3.05, 3.63) is 29.6 Å². The lowest BCUT2D eigenvalue weighted by molar-refractivity contribution is -0.148. The molecule has 4 nitrogen and oxygen atoms in total. The highest BCUT2D eigenvalue weighted by Crippen LogP contribution is 2.18. The maximum Gasteiger partial charge on any atom is 0.325 e. The number of benzene rings is 1. The number of nitrogens with one attached hydrogen (secondary N) is 1. The molecule has 0 radical (unpaired) electrons. The van der Waals surface area contributed by atoms with Crippen molar-refractivity contribution in [3.8, 4) is 5.75 Å². The molecule has 0 spiro atoms. The first-order valence-corrected chi connectivity index (χ1v) is 6.09. The maximum absolute atomic E-state index is 13.1. The van der Waals surface area contributed by atoms with Gasteiger partial charge >= 0.3 is 5.97 Å². The number of carbonyl (C=O) groups excluding carboxylic acids is 1. The summed E-state index contributed by atoms with van der Waals surface area (Å²) in [6.07, 6.45) is 0.451. The average Bonchev–Trinajstić information content (AvgIpc) is 2.41. The summed E-state index contributed by atoms with van der Waals surface area (Å²) in [5.41, 5.74) is -0.258. The van der Waals surface area contributed by atoms with Crippen LogP contribution in [0.1, 0.15) is 18.9 Å². The van der Waals surface area contributed by atoms with Gasteiger partial charge in [0.15, 0.2) is 0 Å². The Bertz CT molecular complexity index is 450. The molecule has 0 aliphatic carbocycles. The quantitative estimate of drug-likeness (QED) is 0.803. The van der Waals surface area contributed by atoms with E-state index in [1.54, 1.807) is 33.0 Å². The zero-order valence-corrected chi connectivity index (χ0v) is 11.7. The number of esters is 1. The monoisotopic (exact) mass is 269 g/mol. The van der Waals surface area contributed by atoms with Crippen molar-refractivity contribution in [3.63, 3.8) is 0 Å². The van der Waals surface area contributed by atoms with Crippen LogP contribution >= 0.6 is 0 Å². The van der Waals surface area contributed by atoms with E-state index < -0.39 is 5.54 Å². The van der Waals surface area contributed by atoms with Gasteiger partial charge in [0, 0.05) is 6.42 Å². The molecule has 1 N–H and O–H groups in total. The molecule has 0 heterocycles. The van der Waals surface area contributed by atoms with E-state index in [2.05, 4.69) is 5.32 Å². The van der Waals surface area contributed by atoms with Crippen LogP contribution in [0, 0.1) is 12.7 Å². The Kier molecular flexibility index (Phi) is 5.30. The summed E-state index contributed by atoms with van der Waals surface area (Å²) in [6, 6.07) is 4.56. The topological polar surface area (TPSA) is 47.6 Å². The van der Waals surface area contributed by atoms with Gasteiger partial charge in [0.1, 0.15) is 17.1 Å². The number of carbonyl (C=O) groups is 1.